The van der Waals surface area contributed by atoms with Gasteiger partial charge in [-0.1, -0.05) is 12.8 Å². The highest BCUT2D eigenvalue weighted by Gasteiger charge is 2.46. The smallest absolute Gasteiger partial charge is 0.227 e. The van der Waals surface area contributed by atoms with E-state index in [-0.39, 0.29) is 35.4 Å². The molecule has 1 saturated carbocycles. The maximum Gasteiger partial charge on any atom is 0.227 e. The van der Waals surface area contributed by atoms with Crippen LogP contribution in [0.15, 0.2) is 0 Å². The van der Waals surface area contributed by atoms with Crippen molar-refractivity contribution in [2.45, 2.75) is 80.8 Å². The van der Waals surface area contributed by atoms with Crippen LogP contribution in [0.2, 0.25) is 0 Å². The Morgan fingerprint density at radius 3 is 2.68 bits per heavy atom. The average Bonchev–Trinajstić information content (AvgIpc) is 3.42. The summed E-state index contributed by atoms with van der Waals surface area (Å²) in [6.07, 6.45) is 8.15. The minimum absolute atomic E-state index is 0.0170. The monoisotopic (exact) mass is 493 g/mol. The summed E-state index contributed by atoms with van der Waals surface area (Å²) in [5.74, 6) is 1.41. The van der Waals surface area contributed by atoms with Crippen molar-refractivity contribution in [1.82, 2.24) is 26.2 Å². The fraction of sp³-hybridized carbons (Fsp3) is 0.920. The van der Waals surface area contributed by atoms with Crippen LogP contribution in [-0.4, -0.2) is 85.5 Å². The first-order valence-electron chi connectivity index (χ1n) is 13.5. The average molecular weight is 494 g/mol. The third-order valence-corrected chi connectivity index (χ3v) is 10.3. The van der Waals surface area contributed by atoms with Gasteiger partial charge in [0, 0.05) is 50.6 Å². The molecule has 192 valence electrons. The third-order valence-electron chi connectivity index (χ3n) is 8.95. The first-order chi connectivity index (χ1) is 16.5. The van der Waals surface area contributed by atoms with Gasteiger partial charge in [-0.15, -0.1) is 11.8 Å². The largest absolute Gasteiger partial charge is 0.381 e. The van der Waals surface area contributed by atoms with Gasteiger partial charge in [-0.25, -0.2) is 0 Å². The van der Waals surface area contributed by atoms with Gasteiger partial charge in [0.1, 0.15) is 5.50 Å². The molecular formula is C25H43N5O3S. The summed E-state index contributed by atoms with van der Waals surface area (Å²) in [6.45, 7) is 6.35. The number of thioether (sulfide) groups is 1. The number of nitrogens with zero attached hydrogens (tertiary/aromatic N) is 1. The maximum absolute atomic E-state index is 13.5. The van der Waals surface area contributed by atoms with Crippen molar-refractivity contribution in [3.8, 4) is 0 Å². The molecule has 1 aliphatic carbocycles. The molecule has 4 N–H and O–H groups in total. The summed E-state index contributed by atoms with van der Waals surface area (Å²) in [5, 5.41) is 14.2. The number of methoxy groups -OCH3 is 1. The highest BCUT2D eigenvalue weighted by molar-refractivity contribution is 8.00. The Morgan fingerprint density at radius 1 is 1.06 bits per heavy atom. The van der Waals surface area contributed by atoms with Gasteiger partial charge in [-0.05, 0) is 57.4 Å². The lowest BCUT2D eigenvalue weighted by molar-refractivity contribution is -0.135. The van der Waals surface area contributed by atoms with Crippen LogP contribution in [-0.2, 0) is 14.3 Å². The zero-order valence-electron chi connectivity index (χ0n) is 20.8. The number of carbonyl (C=O) groups excluding carboxylic acids is 2. The third kappa shape index (κ3) is 5.28. The van der Waals surface area contributed by atoms with Crippen LogP contribution < -0.4 is 21.3 Å². The van der Waals surface area contributed by atoms with Crippen LogP contribution in [0.5, 0.6) is 0 Å². The lowest BCUT2D eigenvalue weighted by Gasteiger charge is -2.44. The van der Waals surface area contributed by atoms with E-state index in [1.54, 1.807) is 11.8 Å². The van der Waals surface area contributed by atoms with Gasteiger partial charge in [-0.2, -0.15) is 0 Å². The van der Waals surface area contributed by atoms with E-state index >= 15 is 0 Å². The van der Waals surface area contributed by atoms with E-state index in [2.05, 4.69) is 28.2 Å². The number of likely N-dealkylation sites (tertiary alicyclic amines) is 1. The molecule has 5 rings (SSSR count). The summed E-state index contributed by atoms with van der Waals surface area (Å²) < 4.78 is 5.87. The first kappa shape index (κ1) is 24.8. The molecule has 5 aliphatic rings. The van der Waals surface area contributed by atoms with Crippen LogP contribution >= 0.6 is 11.8 Å². The molecule has 0 bridgehead atoms. The molecule has 4 saturated heterocycles. The van der Waals surface area contributed by atoms with E-state index < -0.39 is 0 Å². The van der Waals surface area contributed by atoms with Crippen LogP contribution in [0.25, 0.3) is 0 Å². The minimum Gasteiger partial charge on any atom is -0.381 e. The molecule has 0 spiro atoms. The van der Waals surface area contributed by atoms with Crippen LogP contribution in [0.1, 0.15) is 51.9 Å². The number of amides is 2. The molecular weight excluding hydrogens is 450 g/mol. The molecule has 4 aliphatic heterocycles. The molecule has 34 heavy (non-hydrogen) atoms. The molecule has 8 nitrogen and oxygen atoms in total. The van der Waals surface area contributed by atoms with E-state index in [0.29, 0.717) is 29.0 Å². The maximum atomic E-state index is 13.5. The summed E-state index contributed by atoms with van der Waals surface area (Å²) in [6, 6.07) is 0.696. The molecule has 9 heteroatoms. The Kier molecular flexibility index (Phi) is 8.05. The second kappa shape index (κ2) is 11.0. The van der Waals surface area contributed by atoms with Crippen molar-refractivity contribution in [3.05, 3.63) is 0 Å². The summed E-state index contributed by atoms with van der Waals surface area (Å²) in [5.41, 5.74) is -0.0688. The van der Waals surface area contributed by atoms with Crippen molar-refractivity contribution >= 4 is 23.6 Å². The van der Waals surface area contributed by atoms with Crippen molar-refractivity contribution < 1.29 is 14.3 Å². The number of carbonyl (C=O) groups is 2. The number of rotatable bonds is 5. The SMILES string of the molecule is COC1CCCCC1C1CC(C)NCC1C(=O)NC1NC2CN(C(=O)C3CCCNC3)CC2S1. The van der Waals surface area contributed by atoms with Gasteiger partial charge < -0.3 is 25.6 Å². The van der Waals surface area contributed by atoms with Gasteiger partial charge in [0.05, 0.1) is 17.9 Å². The minimum atomic E-state index is -0.0688. The normalized spacial score (nSPS) is 42.9. The van der Waals surface area contributed by atoms with Crippen LogP contribution in [0, 0.1) is 23.7 Å². The number of ether oxygens (including phenoxy) is 1. The van der Waals surface area contributed by atoms with Crippen molar-refractivity contribution in [1.29, 1.82) is 0 Å². The molecule has 0 aromatic heterocycles. The van der Waals surface area contributed by atoms with E-state index in [1.165, 1.54) is 19.3 Å². The Labute approximate surface area is 208 Å². The summed E-state index contributed by atoms with van der Waals surface area (Å²) in [7, 11) is 1.83. The zero-order valence-corrected chi connectivity index (χ0v) is 21.6. The summed E-state index contributed by atoms with van der Waals surface area (Å²) >= 11 is 1.79. The molecule has 0 aromatic carbocycles. The van der Waals surface area contributed by atoms with Crippen molar-refractivity contribution in [3.63, 3.8) is 0 Å². The van der Waals surface area contributed by atoms with Crippen molar-refractivity contribution in [2.24, 2.45) is 23.7 Å². The number of hydrogen-bond donors (Lipinski definition) is 4. The van der Waals surface area contributed by atoms with Gasteiger partial charge in [0.15, 0.2) is 0 Å². The molecule has 9 atom stereocenters. The standard InChI is InChI=1S/C25H43N5O3S/c1-15-10-18(17-7-3-4-8-21(17)33-2)19(12-27-15)23(31)29-25-28-20-13-30(14-22(20)34-25)24(32)16-6-5-9-26-11-16/h15-22,25-28H,3-14H2,1-2H3,(H,29,31). The van der Waals surface area contributed by atoms with Gasteiger partial charge in [0.25, 0.3) is 0 Å². The topological polar surface area (TPSA) is 94.7 Å². The Hall–Kier alpha value is -0.870. The number of nitrogens with one attached hydrogen (secondary N) is 4. The van der Waals surface area contributed by atoms with Crippen LogP contribution in [0.4, 0.5) is 0 Å². The highest BCUT2D eigenvalue weighted by atomic mass is 32.2. The van der Waals surface area contributed by atoms with Gasteiger partial charge in [0.2, 0.25) is 11.8 Å². The van der Waals surface area contributed by atoms with E-state index in [0.717, 1.165) is 58.4 Å². The number of piperidine rings is 2. The lowest BCUT2D eigenvalue weighted by Crippen LogP contribution is -2.55. The fourth-order valence-electron chi connectivity index (χ4n) is 7.10. The summed E-state index contributed by atoms with van der Waals surface area (Å²) in [4.78, 5) is 28.5. The number of hydrogen-bond acceptors (Lipinski definition) is 7. The Morgan fingerprint density at radius 2 is 1.91 bits per heavy atom. The lowest BCUT2D eigenvalue weighted by atomic mass is 9.68. The number of fused-ring (bicyclic) bond motifs is 1. The Bertz CT molecular complexity index is 721. The van der Waals surface area contributed by atoms with Crippen molar-refractivity contribution in [2.75, 3.05) is 39.8 Å². The highest BCUT2D eigenvalue weighted by Crippen LogP contribution is 2.40. The predicted molar refractivity (Wildman–Crippen MR) is 134 cm³/mol. The Balaban J connectivity index is 1.15. The second-order valence-corrected chi connectivity index (χ2v) is 12.5. The van der Waals surface area contributed by atoms with Gasteiger partial charge >= 0.3 is 0 Å². The fourth-order valence-corrected chi connectivity index (χ4v) is 8.50. The molecule has 4 heterocycles. The van der Waals surface area contributed by atoms with E-state index in [1.807, 2.05) is 12.0 Å². The van der Waals surface area contributed by atoms with Gasteiger partial charge in [-0.3, -0.25) is 14.9 Å². The second-order valence-electron chi connectivity index (χ2n) is 11.2. The molecule has 9 unspecified atom stereocenters. The van der Waals surface area contributed by atoms with E-state index in [4.69, 9.17) is 4.74 Å². The first-order valence-corrected chi connectivity index (χ1v) is 14.5. The predicted octanol–water partition coefficient (Wildman–Crippen LogP) is 1.12. The zero-order chi connectivity index (χ0) is 23.7. The molecule has 5 fully saturated rings. The quantitative estimate of drug-likeness (QED) is 0.456. The molecule has 2 amide bonds. The molecule has 0 aromatic rings. The van der Waals surface area contributed by atoms with Crippen LogP contribution in [0.3, 0.4) is 0 Å². The van der Waals surface area contributed by atoms with E-state index in [9.17, 15) is 9.59 Å². The molecule has 0 radical (unpaired) electrons.